The molecule has 3 aromatic carbocycles. The quantitative estimate of drug-likeness (QED) is 0.599. The van der Waals surface area contributed by atoms with Crippen molar-refractivity contribution in [2.75, 3.05) is 23.8 Å². The van der Waals surface area contributed by atoms with Gasteiger partial charge in [-0.1, -0.05) is 23.7 Å². The van der Waals surface area contributed by atoms with Crippen molar-refractivity contribution in [3.05, 3.63) is 83.1 Å². The Morgan fingerprint density at radius 3 is 2.40 bits per heavy atom. The van der Waals surface area contributed by atoms with Gasteiger partial charge in [0.05, 0.1) is 23.4 Å². The minimum Gasteiger partial charge on any atom is -0.495 e. The van der Waals surface area contributed by atoms with E-state index in [1.165, 1.54) is 50.6 Å². The first-order valence-corrected chi connectivity index (χ1v) is 10.5. The third-order valence-corrected chi connectivity index (χ3v) is 6.40. The molecule has 0 aliphatic heterocycles. The molecule has 3 rings (SSSR count). The maximum Gasteiger partial charge on any atom is 0.264 e. The second kappa shape index (κ2) is 8.73. The van der Waals surface area contributed by atoms with Crippen molar-refractivity contribution < 1.29 is 22.3 Å². The van der Waals surface area contributed by atoms with Crippen LogP contribution in [0.15, 0.2) is 71.6 Å². The molecule has 0 saturated heterocycles. The molecule has 0 heterocycles. The number of anilines is 2. The van der Waals surface area contributed by atoms with Crippen LogP contribution in [0.4, 0.5) is 15.8 Å². The smallest absolute Gasteiger partial charge is 0.264 e. The molecule has 6 nitrogen and oxygen atoms in total. The van der Waals surface area contributed by atoms with E-state index in [2.05, 4.69) is 5.32 Å². The van der Waals surface area contributed by atoms with Crippen LogP contribution < -0.4 is 14.4 Å². The van der Waals surface area contributed by atoms with Crippen LogP contribution in [-0.4, -0.2) is 28.5 Å². The maximum atomic E-state index is 13.8. The molecule has 0 radical (unpaired) electrons. The Balaban J connectivity index is 1.83. The molecule has 0 aliphatic rings. The van der Waals surface area contributed by atoms with Gasteiger partial charge in [-0.2, -0.15) is 0 Å². The number of hydrogen-bond donors (Lipinski definition) is 1. The summed E-state index contributed by atoms with van der Waals surface area (Å²) in [4.78, 5) is 12.4. The summed E-state index contributed by atoms with van der Waals surface area (Å²) in [6.07, 6.45) is 0. The predicted octanol–water partition coefficient (Wildman–Crippen LogP) is 4.57. The Labute approximate surface area is 178 Å². The Morgan fingerprint density at radius 2 is 1.73 bits per heavy atom. The molecular formula is C21H18ClFN2O4S. The van der Waals surface area contributed by atoms with Gasteiger partial charge in [-0.25, -0.2) is 12.8 Å². The number of nitrogens with one attached hydrogen (secondary N) is 1. The fourth-order valence-electron chi connectivity index (χ4n) is 2.74. The Hall–Kier alpha value is -3.10. The second-order valence-corrected chi connectivity index (χ2v) is 8.65. The van der Waals surface area contributed by atoms with Crippen molar-refractivity contribution in [3.63, 3.8) is 0 Å². The van der Waals surface area contributed by atoms with E-state index < -0.39 is 21.7 Å². The van der Waals surface area contributed by atoms with Crippen LogP contribution in [0.1, 0.15) is 10.4 Å². The average Bonchev–Trinajstić information content (AvgIpc) is 2.75. The molecular weight excluding hydrogens is 431 g/mol. The van der Waals surface area contributed by atoms with E-state index in [-0.39, 0.29) is 21.2 Å². The van der Waals surface area contributed by atoms with Crippen LogP contribution >= 0.6 is 11.6 Å². The number of hydrogen-bond acceptors (Lipinski definition) is 4. The van der Waals surface area contributed by atoms with Crippen LogP contribution in [-0.2, 0) is 10.0 Å². The minimum absolute atomic E-state index is 0.0126. The molecule has 9 heteroatoms. The number of methoxy groups -OCH3 is 1. The van der Waals surface area contributed by atoms with Crippen molar-refractivity contribution in [2.45, 2.75) is 4.90 Å². The van der Waals surface area contributed by atoms with E-state index in [1.807, 2.05) is 0 Å². The number of amides is 1. The summed E-state index contributed by atoms with van der Waals surface area (Å²) in [6, 6.07) is 15.8. The Bertz CT molecular complexity index is 1180. The normalized spacial score (nSPS) is 11.1. The minimum atomic E-state index is -3.89. The van der Waals surface area contributed by atoms with Crippen molar-refractivity contribution in [3.8, 4) is 5.75 Å². The van der Waals surface area contributed by atoms with E-state index in [0.29, 0.717) is 11.4 Å². The molecule has 0 saturated carbocycles. The maximum absolute atomic E-state index is 13.8. The van der Waals surface area contributed by atoms with Gasteiger partial charge in [-0.05, 0) is 54.6 Å². The zero-order valence-corrected chi connectivity index (χ0v) is 17.7. The molecule has 156 valence electrons. The largest absolute Gasteiger partial charge is 0.495 e. The summed E-state index contributed by atoms with van der Waals surface area (Å²) in [7, 11) is -1.03. The van der Waals surface area contributed by atoms with Crippen LogP contribution in [0.3, 0.4) is 0 Å². The highest BCUT2D eigenvalue weighted by atomic mass is 35.5. The Morgan fingerprint density at radius 1 is 1.07 bits per heavy atom. The summed E-state index contributed by atoms with van der Waals surface area (Å²) in [5, 5.41) is 2.69. The van der Waals surface area contributed by atoms with Crippen molar-refractivity contribution in [1.29, 1.82) is 0 Å². The number of halogens is 2. The number of para-hydroxylation sites is 2. The summed E-state index contributed by atoms with van der Waals surface area (Å²) < 4.78 is 46.1. The molecule has 0 bridgehead atoms. The van der Waals surface area contributed by atoms with Gasteiger partial charge in [0.15, 0.2) is 0 Å². The molecule has 0 aromatic heterocycles. The van der Waals surface area contributed by atoms with Gasteiger partial charge < -0.3 is 10.1 Å². The average molecular weight is 449 g/mol. The standard InChI is InChI=1S/C21H18ClFN2O4S/c1-25(19-5-3-4-6-20(19)29-2)30(27,28)16-10-7-14(8-11-16)21(26)24-18-13-15(22)9-12-17(18)23/h3-13H,1-2H3,(H,24,26). The number of benzene rings is 3. The predicted molar refractivity (Wildman–Crippen MR) is 114 cm³/mol. The number of sulfonamides is 1. The van der Waals surface area contributed by atoms with E-state index >= 15 is 0 Å². The molecule has 0 unspecified atom stereocenters. The van der Waals surface area contributed by atoms with Crippen LogP contribution in [0.5, 0.6) is 5.75 Å². The fourth-order valence-corrected chi connectivity index (χ4v) is 4.12. The summed E-state index contributed by atoms with van der Waals surface area (Å²) in [5.41, 5.74) is 0.464. The topological polar surface area (TPSA) is 75.7 Å². The van der Waals surface area contributed by atoms with Crippen LogP contribution in [0.2, 0.25) is 5.02 Å². The summed E-state index contributed by atoms with van der Waals surface area (Å²) >= 11 is 5.82. The van der Waals surface area contributed by atoms with Gasteiger partial charge in [0.25, 0.3) is 15.9 Å². The zero-order valence-electron chi connectivity index (χ0n) is 16.1. The molecule has 1 N–H and O–H groups in total. The molecule has 0 atom stereocenters. The van der Waals surface area contributed by atoms with Gasteiger partial charge in [-0.15, -0.1) is 0 Å². The molecule has 1 amide bonds. The first kappa shape index (κ1) is 21.6. The lowest BCUT2D eigenvalue weighted by Gasteiger charge is -2.21. The monoisotopic (exact) mass is 448 g/mol. The SMILES string of the molecule is COc1ccccc1N(C)S(=O)(=O)c1ccc(C(=O)Nc2cc(Cl)ccc2F)cc1. The lowest BCUT2D eigenvalue weighted by molar-refractivity contribution is 0.102. The van der Waals surface area contributed by atoms with Gasteiger partial charge in [0.2, 0.25) is 0 Å². The summed E-state index contributed by atoms with van der Waals surface area (Å²) in [5.74, 6) is -0.827. The molecule has 0 fully saturated rings. The van der Waals surface area contributed by atoms with E-state index in [4.69, 9.17) is 16.3 Å². The number of carbonyl (C=O) groups excluding carboxylic acids is 1. The lowest BCUT2D eigenvalue weighted by atomic mass is 10.2. The molecule has 30 heavy (non-hydrogen) atoms. The first-order valence-electron chi connectivity index (χ1n) is 8.72. The number of nitrogens with zero attached hydrogens (tertiary/aromatic N) is 1. The van der Waals surface area contributed by atoms with Crippen LogP contribution in [0.25, 0.3) is 0 Å². The van der Waals surface area contributed by atoms with Gasteiger partial charge in [0, 0.05) is 17.6 Å². The van der Waals surface area contributed by atoms with Gasteiger partial charge >= 0.3 is 0 Å². The zero-order chi connectivity index (χ0) is 21.9. The highest BCUT2D eigenvalue weighted by Crippen LogP contribution is 2.31. The molecule has 0 aliphatic carbocycles. The van der Waals surface area contributed by atoms with Crippen molar-refractivity contribution >= 4 is 38.9 Å². The fraction of sp³-hybridized carbons (Fsp3) is 0.0952. The van der Waals surface area contributed by atoms with E-state index in [9.17, 15) is 17.6 Å². The second-order valence-electron chi connectivity index (χ2n) is 6.25. The number of ether oxygens (including phenoxy) is 1. The third-order valence-electron chi connectivity index (χ3n) is 4.38. The lowest BCUT2D eigenvalue weighted by Crippen LogP contribution is -2.27. The third kappa shape index (κ3) is 4.39. The van der Waals surface area contributed by atoms with Crippen molar-refractivity contribution in [1.82, 2.24) is 0 Å². The van der Waals surface area contributed by atoms with E-state index in [1.54, 1.807) is 24.3 Å². The van der Waals surface area contributed by atoms with Gasteiger partial charge in [0.1, 0.15) is 11.6 Å². The van der Waals surface area contributed by atoms with Crippen LogP contribution in [0, 0.1) is 5.82 Å². The molecule has 0 spiro atoms. The first-order chi connectivity index (χ1) is 14.2. The van der Waals surface area contributed by atoms with Gasteiger partial charge in [-0.3, -0.25) is 9.10 Å². The highest BCUT2D eigenvalue weighted by molar-refractivity contribution is 7.92. The number of rotatable bonds is 6. The highest BCUT2D eigenvalue weighted by Gasteiger charge is 2.24. The Kier molecular flexibility index (Phi) is 6.28. The van der Waals surface area contributed by atoms with E-state index in [0.717, 1.165) is 10.4 Å². The van der Waals surface area contributed by atoms with Crippen molar-refractivity contribution in [2.24, 2.45) is 0 Å². The summed E-state index contributed by atoms with van der Waals surface area (Å²) in [6.45, 7) is 0. The number of carbonyl (C=O) groups is 1. The molecule has 3 aromatic rings.